The van der Waals surface area contributed by atoms with Crippen LogP contribution in [0.1, 0.15) is 30.5 Å². The Kier molecular flexibility index (Phi) is 6.37. The predicted molar refractivity (Wildman–Crippen MR) is 119 cm³/mol. The number of carbonyl (C=O) groups is 1. The molecule has 3 aromatic rings. The van der Waals surface area contributed by atoms with Crippen LogP contribution in [0, 0.1) is 0 Å². The van der Waals surface area contributed by atoms with E-state index in [4.69, 9.17) is 4.98 Å². The van der Waals surface area contributed by atoms with Gasteiger partial charge in [0, 0.05) is 50.1 Å². The standard InChI is InChI=1S/C24H27N3OS/c1-19(20-8-4-2-5-9-20)16-23(28)27-14-12-26(13-15-27)17-22-18-29-24(25-22)21-10-6-3-7-11-21/h2-11,18-19H,12-17H2,1H3. The normalized spacial score (nSPS) is 16.0. The van der Waals surface area contributed by atoms with Crippen molar-refractivity contribution in [3.63, 3.8) is 0 Å². The van der Waals surface area contributed by atoms with Gasteiger partial charge in [0.1, 0.15) is 5.01 Å². The lowest BCUT2D eigenvalue weighted by molar-refractivity contribution is -0.133. The van der Waals surface area contributed by atoms with Gasteiger partial charge in [0.2, 0.25) is 5.91 Å². The molecule has 5 heteroatoms. The van der Waals surface area contributed by atoms with Gasteiger partial charge in [0.15, 0.2) is 0 Å². The quantitative estimate of drug-likeness (QED) is 0.599. The molecule has 150 valence electrons. The second kappa shape index (κ2) is 9.33. The molecule has 1 fully saturated rings. The molecule has 0 radical (unpaired) electrons. The molecule has 1 amide bonds. The van der Waals surface area contributed by atoms with Gasteiger partial charge in [-0.3, -0.25) is 9.69 Å². The van der Waals surface area contributed by atoms with E-state index < -0.39 is 0 Å². The third-order valence-corrected chi connectivity index (χ3v) is 6.47. The Morgan fingerprint density at radius 2 is 1.66 bits per heavy atom. The Bertz CT molecular complexity index is 918. The van der Waals surface area contributed by atoms with Gasteiger partial charge in [-0.15, -0.1) is 11.3 Å². The van der Waals surface area contributed by atoms with E-state index in [-0.39, 0.29) is 11.8 Å². The van der Waals surface area contributed by atoms with Crippen molar-refractivity contribution in [3.05, 3.63) is 77.3 Å². The van der Waals surface area contributed by atoms with Crippen molar-refractivity contribution in [2.45, 2.75) is 25.8 Å². The van der Waals surface area contributed by atoms with Crippen LogP contribution in [0.4, 0.5) is 0 Å². The maximum atomic E-state index is 12.7. The number of hydrogen-bond donors (Lipinski definition) is 0. The molecule has 2 heterocycles. The largest absolute Gasteiger partial charge is 0.340 e. The summed E-state index contributed by atoms with van der Waals surface area (Å²) >= 11 is 1.70. The van der Waals surface area contributed by atoms with Crippen molar-refractivity contribution in [1.82, 2.24) is 14.8 Å². The van der Waals surface area contributed by atoms with Crippen molar-refractivity contribution >= 4 is 17.2 Å². The monoisotopic (exact) mass is 405 g/mol. The number of nitrogens with zero attached hydrogens (tertiary/aromatic N) is 3. The van der Waals surface area contributed by atoms with Crippen molar-refractivity contribution in [1.29, 1.82) is 0 Å². The summed E-state index contributed by atoms with van der Waals surface area (Å²) in [6.07, 6.45) is 0.580. The van der Waals surface area contributed by atoms with Gasteiger partial charge in [-0.25, -0.2) is 4.98 Å². The van der Waals surface area contributed by atoms with Gasteiger partial charge < -0.3 is 4.90 Å². The van der Waals surface area contributed by atoms with Crippen molar-refractivity contribution < 1.29 is 4.79 Å². The van der Waals surface area contributed by atoms with Crippen LogP contribution in [0.5, 0.6) is 0 Å². The fourth-order valence-electron chi connectivity index (χ4n) is 3.77. The third kappa shape index (κ3) is 5.11. The molecule has 0 spiro atoms. The van der Waals surface area contributed by atoms with Gasteiger partial charge in [-0.1, -0.05) is 67.6 Å². The molecule has 1 atom stereocenters. The minimum atomic E-state index is 0.258. The molecule has 1 saturated heterocycles. The number of thiazole rings is 1. The lowest BCUT2D eigenvalue weighted by Gasteiger charge is -2.35. The van der Waals surface area contributed by atoms with E-state index in [1.165, 1.54) is 11.1 Å². The summed E-state index contributed by atoms with van der Waals surface area (Å²) in [6.45, 7) is 6.40. The number of rotatable bonds is 6. The summed E-state index contributed by atoms with van der Waals surface area (Å²) in [5.41, 5.74) is 3.52. The second-order valence-corrected chi connectivity index (χ2v) is 8.54. The molecule has 1 unspecified atom stereocenters. The lowest BCUT2D eigenvalue weighted by atomic mass is 9.97. The Labute approximate surface area is 176 Å². The summed E-state index contributed by atoms with van der Waals surface area (Å²) in [5.74, 6) is 0.522. The van der Waals surface area contributed by atoms with E-state index in [9.17, 15) is 4.79 Å². The Balaban J connectivity index is 1.26. The average Bonchev–Trinajstić information content (AvgIpc) is 3.24. The van der Waals surface area contributed by atoms with E-state index in [0.29, 0.717) is 6.42 Å². The molecule has 1 aromatic heterocycles. The molecular formula is C24H27N3OS. The van der Waals surface area contributed by atoms with E-state index >= 15 is 0 Å². The topological polar surface area (TPSA) is 36.4 Å². The van der Waals surface area contributed by atoms with Gasteiger partial charge in [-0.2, -0.15) is 0 Å². The van der Waals surface area contributed by atoms with Gasteiger partial charge in [0.25, 0.3) is 0 Å². The highest BCUT2D eigenvalue weighted by molar-refractivity contribution is 7.13. The first-order chi connectivity index (χ1) is 14.2. The highest BCUT2D eigenvalue weighted by Crippen LogP contribution is 2.24. The van der Waals surface area contributed by atoms with Crippen LogP contribution in [0.3, 0.4) is 0 Å². The van der Waals surface area contributed by atoms with E-state index in [2.05, 4.69) is 41.5 Å². The number of aromatic nitrogens is 1. The molecule has 4 nitrogen and oxygen atoms in total. The number of carbonyl (C=O) groups excluding carboxylic acids is 1. The molecule has 0 aliphatic carbocycles. The van der Waals surface area contributed by atoms with Crippen LogP contribution in [0.25, 0.3) is 10.6 Å². The second-order valence-electron chi connectivity index (χ2n) is 7.68. The fraction of sp³-hybridized carbons (Fsp3) is 0.333. The van der Waals surface area contributed by atoms with Crippen LogP contribution < -0.4 is 0 Å². The minimum absolute atomic E-state index is 0.258. The molecule has 2 aromatic carbocycles. The first kappa shape index (κ1) is 19.8. The van der Waals surface area contributed by atoms with Gasteiger partial charge in [0.05, 0.1) is 5.69 Å². The summed E-state index contributed by atoms with van der Waals surface area (Å²) in [5, 5.41) is 3.23. The van der Waals surface area contributed by atoms with Crippen LogP contribution in [-0.4, -0.2) is 46.9 Å². The average molecular weight is 406 g/mol. The number of amides is 1. The molecule has 0 N–H and O–H groups in total. The van der Waals surface area contributed by atoms with E-state index in [1.807, 2.05) is 41.3 Å². The first-order valence-electron chi connectivity index (χ1n) is 10.2. The molecule has 0 bridgehead atoms. The zero-order chi connectivity index (χ0) is 20.1. The van der Waals surface area contributed by atoms with Crippen LogP contribution >= 0.6 is 11.3 Å². The van der Waals surface area contributed by atoms with E-state index in [1.54, 1.807) is 11.3 Å². The SMILES string of the molecule is CC(CC(=O)N1CCN(Cc2csc(-c3ccccc3)n2)CC1)c1ccccc1. The molecular weight excluding hydrogens is 378 g/mol. The Morgan fingerprint density at radius 3 is 2.34 bits per heavy atom. The molecule has 0 saturated carbocycles. The molecule has 29 heavy (non-hydrogen) atoms. The molecule has 4 rings (SSSR count). The third-order valence-electron chi connectivity index (χ3n) is 5.53. The first-order valence-corrected chi connectivity index (χ1v) is 11.1. The maximum Gasteiger partial charge on any atom is 0.223 e. The predicted octanol–water partition coefficient (Wildman–Crippen LogP) is 4.65. The van der Waals surface area contributed by atoms with Crippen LogP contribution in [-0.2, 0) is 11.3 Å². The van der Waals surface area contributed by atoms with Crippen LogP contribution in [0.2, 0.25) is 0 Å². The summed E-state index contributed by atoms with van der Waals surface area (Å²) < 4.78 is 0. The zero-order valence-corrected chi connectivity index (χ0v) is 17.6. The maximum absolute atomic E-state index is 12.7. The molecule has 1 aliphatic rings. The van der Waals surface area contributed by atoms with Gasteiger partial charge in [-0.05, 0) is 11.5 Å². The zero-order valence-electron chi connectivity index (χ0n) is 16.8. The number of hydrogen-bond acceptors (Lipinski definition) is 4. The minimum Gasteiger partial charge on any atom is -0.340 e. The smallest absolute Gasteiger partial charge is 0.223 e. The summed E-state index contributed by atoms with van der Waals surface area (Å²) in [6, 6.07) is 20.6. The summed E-state index contributed by atoms with van der Waals surface area (Å²) in [7, 11) is 0. The van der Waals surface area contributed by atoms with Crippen LogP contribution in [0.15, 0.2) is 66.0 Å². The molecule has 1 aliphatic heterocycles. The lowest BCUT2D eigenvalue weighted by Crippen LogP contribution is -2.48. The Hall–Kier alpha value is -2.50. The van der Waals surface area contributed by atoms with Crippen molar-refractivity contribution in [3.8, 4) is 10.6 Å². The summed E-state index contributed by atoms with van der Waals surface area (Å²) in [4.78, 5) is 21.9. The fourth-order valence-corrected chi connectivity index (χ4v) is 4.58. The van der Waals surface area contributed by atoms with Crippen molar-refractivity contribution in [2.24, 2.45) is 0 Å². The van der Waals surface area contributed by atoms with Crippen molar-refractivity contribution in [2.75, 3.05) is 26.2 Å². The number of benzene rings is 2. The highest BCUT2D eigenvalue weighted by atomic mass is 32.1. The van der Waals surface area contributed by atoms with E-state index in [0.717, 1.165) is 43.4 Å². The Morgan fingerprint density at radius 1 is 1.00 bits per heavy atom. The highest BCUT2D eigenvalue weighted by Gasteiger charge is 2.23. The number of piperazine rings is 1. The van der Waals surface area contributed by atoms with Gasteiger partial charge >= 0.3 is 0 Å².